The summed E-state index contributed by atoms with van der Waals surface area (Å²) in [6, 6.07) is 15.8. The predicted octanol–water partition coefficient (Wildman–Crippen LogP) is 3.23. The van der Waals surface area contributed by atoms with E-state index in [1.807, 2.05) is 55.5 Å². The number of ether oxygens (including phenoxy) is 2. The Balaban J connectivity index is 1.52. The highest BCUT2D eigenvalue weighted by atomic mass is 16.5. The largest absolute Gasteiger partial charge is 0.489 e. The quantitative estimate of drug-likeness (QED) is 0.829. The van der Waals surface area contributed by atoms with E-state index in [-0.39, 0.29) is 5.91 Å². The Morgan fingerprint density at radius 2 is 1.92 bits per heavy atom. The Kier molecular flexibility index (Phi) is 6.63. The molecule has 0 bridgehead atoms. The lowest BCUT2D eigenvalue weighted by molar-refractivity contribution is -0.116. The number of aryl methyl sites for hydroxylation is 1. The van der Waals surface area contributed by atoms with Crippen LogP contribution in [0.3, 0.4) is 0 Å². The molecule has 0 aliphatic carbocycles. The van der Waals surface area contributed by atoms with Gasteiger partial charge in [-0.05, 0) is 24.1 Å². The minimum Gasteiger partial charge on any atom is -0.489 e. The van der Waals surface area contributed by atoms with Crippen LogP contribution in [0, 0.1) is 6.92 Å². The fourth-order valence-electron chi connectivity index (χ4n) is 2.86. The average Bonchev–Trinajstić information content (AvgIpc) is 2.68. The molecule has 3 rings (SSSR count). The number of nitrogens with zero attached hydrogens (tertiary/aromatic N) is 1. The molecule has 2 aromatic rings. The third kappa shape index (κ3) is 5.58. The molecule has 0 spiro atoms. The number of morpholine rings is 1. The summed E-state index contributed by atoms with van der Waals surface area (Å²) in [5.41, 5.74) is 2.95. The molecule has 0 aromatic heterocycles. The van der Waals surface area contributed by atoms with Crippen LogP contribution >= 0.6 is 0 Å². The van der Waals surface area contributed by atoms with Gasteiger partial charge in [-0.2, -0.15) is 0 Å². The van der Waals surface area contributed by atoms with Crippen molar-refractivity contribution in [2.24, 2.45) is 0 Å². The lowest BCUT2D eigenvalue weighted by Gasteiger charge is -2.26. The second-order valence-corrected chi connectivity index (χ2v) is 6.50. The SMILES string of the molecule is Cc1ccc(OCc2ccccc2)cc1NC(=O)CCN1CCOCC1. The highest BCUT2D eigenvalue weighted by Crippen LogP contribution is 2.23. The summed E-state index contributed by atoms with van der Waals surface area (Å²) in [6.07, 6.45) is 0.481. The zero-order valence-electron chi connectivity index (χ0n) is 15.2. The molecule has 0 radical (unpaired) electrons. The molecule has 1 heterocycles. The summed E-state index contributed by atoms with van der Waals surface area (Å²) >= 11 is 0. The summed E-state index contributed by atoms with van der Waals surface area (Å²) in [7, 11) is 0. The maximum atomic E-state index is 12.3. The van der Waals surface area contributed by atoms with Gasteiger partial charge in [-0.3, -0.25) is 9.69 Å². The Bertz CT molecular complexity index is 712. The highest BCUT2D eigenvalue weighted by Gasteiger charge is 2.13. The molecule has 1 N–H and O–H groups in total. The van der Waals surface area contributed by atoms with Crippen molar-refractivity contribution >= 4 is 11.6 Å². The van der Waals surface area contributed by atoms with E-state index in [1.54, 1.807) is 0 Å². The fraction of sp³-hybridized carbons (Fsp3) is 0.381. The number of rotatable bonds is 7. The van der Waals surface area contributed by atoms with Gasteiger partial charge in [-0.1, -0.05) is 36.4 Å². The summed E-state index contributed by atoms with van der Waals surface area (Å²) in [5, 5.41) is 3.01. The molecule has 2 aromatic carbocycles. The third-order valence-corrected chi connectivity index (χ3v) is 4.49. The van der Waals surface area contributed by atoms with E-state index in [2.05, 4.69) is 10.2 Å². The van der Waals surface area contributed by atoms with E-state index in [9.17, 15) is 4.79 Å². The predicted molar refractivity (Wildman–Crippen MR) is 102 cm³/mol. The monoisotopic (exact) mass is 354 g/mol. The molecule has 0 saturated carbocycles. The second-order valence-electron chi connectivity index (χ2n) is 6.50. The summed E-state index contributed by atoms with van der Waals surface area (Å²) in [5.74, 6) is 0.780. The van der Waals surface area contributed by atoms with Gasteiger partial charge in [0.15, 0.2) is 0 Å². The van der Waals surface area contributed by atoms with Crippen molar-refractivity contribution in [3.05, 3.63) is 59.7 Å². The average molecular weight is 354 g/mol. The molecule has 0 unspecified atom stereocenters. The van der Waals surface area contributed by atoms with Crippen molar-refractivity contribution in [1.82, 2.24) is 4.90 Å². The van der Waals surface area contributed by atoms with Crippen LogP contribution in [-0.2, 0) is 16.1 Å². The molecule has 0 atom stereocenters. The van der Waals surface area contributed by atoms with Crippen LogP contribution in [0.4, 0.5) is 5.69 Å². The summed E-state index contributed by atoms with van der Waals surface area (Å²) < 4.78 is 11.2. The summed E-state index contributed by atoms with van der Waals surface area (Å²) in [6.45, 7) is 6.55. The van der Waals surface area contributed by atoms with Gasteiger partial charge in [0.2, 0.25) is 5.91 Å². The van der Waals surface area contributed by atoms with Crippen molar-refractivity contribution in [3.8, 4) is 5.75 Å². The zero-order valence-corrected chi connectivity index (χ0v) is 15.2. The van der Waals surface area contributed by atoms with Crippen LogP contribution in [0.5, 0.6) is 5.75 Å². The maximum absolute atomic E-state index is 12.3. The lowest BCUT2D eigenvalue weighted by Crippen LogP contribution is -2.38. The zero-order chi connectivity index (χ0) is 18.2. The first-order valence-electron chi connectivity index (χ1n) is 9.08. The van der Waals surface area contributed by atoms with Gasteiger partial charge in [0, 0.05) is 37.8 Å². The third-order valence-electron chi connectivity index (χ3n) is 4.49. The van der Waals surface area contributed by atoms with Gasteiger partial charge in [0.1, 0.15) is 12.4 Å². The number of carbonyl (C=O) groups excluding carboxylic acids is 1. The van der Waals surface area contributed by atoms with Crippen LogP contribution in [0.15, 0.2) is 48.5 Å². The Morgan fingerprint density at radius 1 is 1.15 bits per heavy atom. The van der Waals surface area contributed by atoms with E-state index >= 15 is 0 Å². The molecule has 26 heavy (non-hydrogen) atoms. The van der Waals surface area contributed by atoms with Crippen molar-refractivity contribution in [2.75, 3.05) is 38.2 Å². The van der Waals surface area contributed by atoms with Gasteiger partial charge in [0.05, 0.1) is 13.2 Å². The van der Waals surface area contributed by atoms with E-state index in [0.717, 1.165) is 55.4 Å². The number of benzene rings is 2. The van der Waals surface area contributed by atoms with Gasteiger partial charge in [-0.25, -0.2) is 0 Å². The Morgan fingerprint density at radius 3 is 2.69 bits per heavy atom. The molecule has 5 nitrogen and oxygen atoms in total. The number of amides is 1. The van der Waals surface area contributed by atoms with Crippen LogP contribution in [-0.4, -0.2) is 43.7 Å². The van der Waals surface area contributed by atoms with Gasteiger partial charge in [-0.15, -0.1) is 0 Å². The topological polar surface area (TPSA) is 50.8 Å². The van der Waals surface area contributed by atoms with Crippen LogP contribution in [0.25, 0.3) is 0 Å². The first-order chi connectivity index (χ1) is 12.7. The van der Waals surface area contributed by atoms with Crippen molar-refractivity contribution in [3.63, 3.8) is 0 Å². The van der Waals surface area contributed by atoms with Gasteiger partial charge < -0.3 is 14.8 Å². The van der Waals surface area contributed by atoms with E-state index in [4.69, 9.17) is 9.47 Å². The summed E-state index contributed by atoms with van der Waals surface area (Å²) in [4.78, 5) is 14.5. The smallest absolute Gasteiger partial charge is 0.225 e. The van der Waals surface area contributed by atoms with Gasteiger partial charge >= 0.3 is 0 Å². The number of anilines is 1. The van der Waals surface area contributed by atoms with E-state index in [1.165, 1.54) is 0 Å². The van der Waals surface area contributed by atoms with Crippen LogP contribution in [0.2, 0.25) is 0 Å². The highest BCUT2D eigenvalue weighted by molar-refractivity contribution is 5.91. The Hall–Kier alpha value is -2.37. The number of nitrogens with one attached hydrogen (secondary N) is 1. The van der Waals surface area contributed by atoms with E-state index < -0.39 is 0 Å². The first kappa shape index (κ1) is 18.4. The minimum atomic E-state index is 0.0276. The maximum Gasteiger partial charge on any atom is 0.225 e. The van der Waals surface area contributed by atoms with Gasteiger partial charge in [0.25, 0.3) is 0 Å². The molecule has 1 aliphatic heterocycles. The van der Waals surface area contributed by atoms with E-state index in [0.29, 0.717) is 13.0 Å². The molecule has 1 amide bonds. The molecule has 138 valence electrons. The van der Waals surface area contributed by atoms with Crippen molar-refractivity contribution in [2.45, 2.75) is 20.0 Å². The number of hydrogen-bond donors (Lipinski definition) is 1. The molecule has 1 fully saturated rings. The Labute approximate surface area is 154 Å². The number of hydrogen-bond acceptors (Lipinski definition) is 4. The molecular formula is C21H26N2O3. The van der Waals surface area contributed by atoms with Crippen molar-refractivity contribution < 1.29 is 14.3 Å². The normalized spacial score (nSPS) is 14.8. The van der Waals surface area contributed by atoms with Crippen LogP contribution in [0.1, 0.15) is 17.5 Å². The fourth-order valence-corrected chi connectivity index (χ4v) is 2.86. The molecule has 5 heteroatoms. The minimum absolute atomic E-state index is 0.0276. The molecule has 1 saturated heterocycles. The van der Waals surface area contributed by atoms with Crippen LogP contribution < -0.4 is 10.1 Å². The molecule has 1 aliphatic rings. The number of carbonyl (C=O) groups is 1. The second kappa shape index (κ2) is 9.36. The standard InChI is InChI=1S/C21H26N2O3/c1-17-7-8-19(26-16-18-5-3-2-4-6-18)15-20(17)22-21(24)9-10-23-11-13-25-14-12-23/h2-8,15H,9-14,16H2,1H3,(H,22,24). The first-order valence-corrected chi connectivity index (χ1v) is 9.08. The van der Waals surface area contributed by atoms with Crippen molar-refractivity contribution in [1.29, 1.82) is 0 Å². The molecular weight excluding hydrogens is 328 g/mol. The lowest BCUT2D eigenvalue weighted by atomic mass is 10.2.